The molecule has 1 aromatic carbocycles. The fourth-order valence-corrected chi connectivity index (χ4v) is 2.82. The molecule has 2 amide bonds. The van der Waals surface area contributed by atoms with Crippen LogP contribution in [-0.4, -0.2) is 47.6 Å². The number of amides is 2. The van der Waals surface area contributed by atoms with E-state index in [-0.39, 0.29) is 24.3 Å². The lowest BCUT2D eigenvalue weighted by Gasteiger charge is -2.27. The Morgan fingerprint density at radius 3 is 2.46 bits per heavy atom. The van der Waals surface area contributed by atoms with Gasteiger partial charge in [-0.05, 0) is 24.5 Å². The van der Waals surface area contributed by atoms with Gasteiger partial charge in [-0.2, -0.15) is 0 Å². The third kappa shape index (κ3) is 3.90. The second kappa shape index (κ2) is 7.70. The molecule has 1 fully saturated rings. The number of benzene rings is 1. The summed E-state index contributed by atoms with van der Waals surface area (Å²) in [5, 5.41) is 11.6. The summed E-state index contributed by atoms with van der Waals surface area (Å²) in [5.41, 5.74) is -0.689. The van der Waals surface area contributed by atoms with Crippen LogP contribution in [0.3, 0.4) is 0 Å². The smallest absolute Gasteiger partial charge is 0.257 e. The van der Waals surface area contributed by atoms with E-state index < -0.39 is 29.1 Å². The summed E-state index contributed by atoms with van der Waals surface area (Å²) in [6.45, 7) is 4.42. The molecule has 5 nitrogen and oxygen atoms in total. The number of hydrogen-bond acceptors (Lipinski definition) is 3. The van der Waals surface area contributed by atoms with Gasteiger partial charge in [0.1, 0.15) is 23.2 Å². The van der Waals surface area contributed by atoms with E-state index >= 15 is 0 Å². The Morgan fingerprint density at radius 2 is 1.96 bits per heavy atom. The van der Waals surface area contributed by atoms with Crippen molar-refractivity contribution in [1.29, 1.82) is 0 Å². The summed E-state index contributed by atoms with van der Waals surface area (Å²) < 4.78 is 27.5. The van der Waals surface area contributed by atoms with Crippen molar-refractivity contribution >= 4 is 11.8 Å². The highest BCUT2D eigenvalue weighted by Crippen LogP contribution is 2.19. The third-order valence-corrected chi connectivity index (χ3v) is 4.26. The SMILES string of the molecule is CC(C)C(NC(=O)c1c(F)cccc1F)C(=O)N1CCC(CO)C1. The van der Waals surface area contributed by atoms with Gasteiger partial charge in [0.25, 0.3) is 5.91 Å². The molecule has 1 saturated heterocycles. The lowest BCUT2D eigenvalue weighted by Crippen LogP contribution is -2.51. The molecular formula is C17H22F2N2O3. The van der Waals surface area contributed by atoms with Crippen LogP contribution in [0.2, 0.25) is 0 Å². The summed E-state index contributed by atoms with van der Waals surface area (Å²) in [6, 6.07) is 2.28. The lowest BCUT2D eigenvalue weighted by atomic mass is 10.0. The second-order valence-electron chi connectivity index (χ2n) is 6.41. The van der Waals surface area contributed by atoms with E-state index in [0.29, 0.717) is 19.5 Å². The van der Waals surface area contributed by atoms with Gasteiger partial charge >= 0.3 is 0 Å². The summed E-state index contributed by atoms with van der Waals surface area (Å²) in [7, 11) is 0. The quantitative estimate of drug-likeness (QED) is 0.855. The van der Waals surface area contributed by atoms with E-state index in [2.05, 4.69) is 5.32 Å². The Balaban J connectivity index is 2.14. The van der Waals surface area contributed by atoms with Crippen molar-refractivity contribution in [2.45, 2.75) is 26.3 Å². The van der Waals surface area contributed by atoms with Gasteiger partial charge in [0, 0.05) is 25.6 Å². The predicted molar refractivity (Wildman–Crippen MR) is 84.2 cm³/mol. The highest BCUT2D eigenvalue weighted by Gasteiger charge is 2.34. The summed E-state index contributed by atoms with van der Waals surface area (Å²) in [5.74, 6) is -3.40. The zero-order valence-corrected chi connectivity index (χ0v) is 13.8. The van der Waals surface area contributed by atoms with E-state index in [0.717, 1.165) is 12.1 Å². The second-order valence-corrected chi connectivity index (χ2v) is 6.41. The van der Waals surface area contributed by atoms with Crippen molar-refractivity contribution in [1.82, 2.24) is 10.2 Å². The van der Waals surface area contributed by atoms with Crippen molar-refractivity contribution < 1.29 is 23.5 Å². The van der Waals surface area contributed by atoms with Crippen molar-refractivity contribution in [3.8, 4) is 0 Å². The molecule has 2 atom stereocenters. The molecule has 0 radical (unpaired) electrons. The van der Waals surface area contributed by atoms with Crippen LogP contribution in [0.4, 0.5) is 8.78 Å². The molecule has 2 rings (SSSR count). The number of aliphatic hydroxyl groups is 1. The highest BCUT2D eigenvalue weighted by atomic mass is 19.1. The van der Waals surface area contributed by atoms with Gasteiger partial charge in [-0.25, -0.2) is 8.78 Å². The van der Waals surface area contributed by atoms with Crippen LogP contribution in [0.1, 0.15) is 30.6 Å². The van der Waals surface area contributed by atoms with Crippen LogP contribution < -0.4 is 5.32 Å². The first-order chi connectivity index (χ1) is 11.3. The average molecular weight is 340 g/mol. The maximum absolute atomic E-state index is 13.7. The van der Waals surface area contributed by atoms with E-state index in [9.17, 15) is 23.5 Å². The number of hydrogen-bond donors (Lipinski definition) is 2. The Labute approximate surface area is 139 Å². The van der Waals surface area contributed by atoms with Gasteiger partial charge < -0.3 is 15.3 Å². The summed E-state index contributed by atoms with van der Waals surface area (Å²) in [4.78, 5) is 26.4. The molecule has 0 spiro atoms. The van der Waals surface area contributed by atoms with Crippen LogP contribution in [0.5, 0.6) is 0 Å². The van der Waals surface area contributed by atoms with Crippen LogP contribution in [0, 0.1) is 23.5 Å². The molecule has 7 heteroatoms. The fourth-order valence-electron chi connectivity index (χ4n) is 2.82. The van der Waals surface area contributed by atoms with Crippen molar-refractivity contribution in [3.63, 3.8) is 0 Å². The van der Waals surface area contributed by atoms with Gasteiger partial charge in [-0.1, -0.05) is 19.9 Å². The molecule has 1 heterocycles. The predicted octanol–water partition coefficient (Wildman–Crippen LogP) is 1.56. The molecule has 0 bridgehead atoms. The first kappa shape index (κ1) is 18.3. The molecule has 0 aliphatic carbocycles. The van der Waals surface area contributed by atoms with Gasteiger partial charge in [0.2, 0.25) is 5.91 Å². The molecule has 2 unspecified atom stereocenters. The van der Waals surface area contributed by atoms with Crippen molar-refractivity contribution in [2.24, 2.45) is 11.8 Å². The van der Waals surface area contributed by atoms with E-state index in [1.54, 1.807) is 18.7 Å². The largest absolute Gasteiger partial charge is 0.396 e. The molecule has 24 heavy (non-hydrogen) atoms. The highest BCUT2D eigenvalue weighted by molar-refractivity contribution is 5.98. The Bertz CT molecular complexity index is 602. The van der Waals surface area contributed by atoms with Gasteiger partial charge in [-0.15, -0.1) is 0 Å². The maximum atomic E-state index is 13.7. The number of carbonyl (C=O) groups excluding carboxylic acids is 2. The summed E-state index contributed by atoms with van der Waals surface area (Å²) in [6.07, 6.45) is 0.697. The number of aliphatic hydroxyl groups excluding tert-OH is 1. The van der Waals surface area contributed by atoms with Crippen LogP contribution in [-0.2, 0) is 4.79 Å². The maximum Gasteiger partial charge on any atom is 0.257 e. The number of carbonyl (C=O) groups is 2. The lowest BCUT2D eigenvalue weighted by molar-refractivity contribution is -0.133. The Kier molecular flexibility index (Phi) is 5.88. The van der Waals surface area contributed by atoms with Gasteiger partial charge in [0.15, 0.2) is 0 Å². The van der Waals surface area contributed by atoms with Gasteiger partial charge in [-0.3, -0.25) is 9.59 Å². The molecule has 1 aliphatic rings. The summed E-state index contributed by atoms with van der Waals surface area (Å²) >= 11 is 0. The first-order valence-electron chi connectivity index (χ1n) is 7.99. The monoisotopic (exact) mass is 340 g/mol. The molecule has 1 aliphatic heterocycles. The zero-order valence-electron chi connectivity index (χ0n) is 13.8. The Hall–Kier alpha value is -2.02. The topological polar surface area (TPSA) is 69.6 Å². The average Bonchev–Trinajstić information content (AvgIpc) is 3.00. The molecule has 1 aromatic rings. The molecule has 2 N–H and O–H groups in total. The molecular weight excluding hydrogens is 318 g/mol. The minimum absolute atomic E-state index is 0.00290. The van der Waals surface area contributed by atoms with E-state index in [1.165, 1.54) is 6.07 Å². The van der Waals surface area contributed by atoms with E-state index in [1.807, 2.05) is 0 Å². The fraction of sp³-hybridized carbons (Fsp3) is 0.529. The minimum atomic E-state index is -0.969. The normalized spacial score (nSPS) is 18.8. The van der Waals surface area contributed by atoms with E-state index in [4.69, 9.17) is 0 Å². The van der Waals surface area contributed by atoms with Crippen LogP contribution >= 0.6 is 0 Å². The third-order valence-electron chi connectivity index (χ3n) is 4.26. The first-order valence-corrected chi connectivity index (χ1v) is 7.99. The molecule has 0 saturated carbocycles. The number of nitrogens with one attached hydrogen (secondary N) is 1. The number of likely N-dealkylation sites (tertiary alicyclic amines) is 1. The number of nitrogens with zero attached hydrogens (tertiary/aromatic N) is 1. The zero-order chi connectivity index (χ0) is 17.9. The van der Waals surface area contributed by atoms with Crippen molar-refractivity contribution in [2.75, 3.05) is 19.7 Å². The standard InChI is InChI=1S/C17H22F2N2O3/c1-10(2)15(17(24)21-7-6-11(8-21)9-22)20-16(23)14-12(18)4-3-5-13(14)19/h3-5,10-11,15,22H,6-9H2,1-2H3,(H,20,23). The van der Waals surface area contributed by atoms with Crippen molar-refractivity contribution in [3.05, 3.63) is 35.4 Å². The van der Waals surface area contributed by atoms with Gasteiger partial charge in [0.05, 0.1) is 0 Å². The number of rotatable bonds is 5. The Morgan fingerprint density at radius 1 is 1.33 bits per heavy atom. The van der Waals surface area contributed by atoms with Crippen LogP contribution in [0.15, 0.2) is 18.2 Å². The molecule has 132 valence electrons. The molecule has 0 aromatic heterocycles. The number of halogens is 2. The minimum Gasteiger partial charge on any atom is -0.396 e. The van der Waals surface area contributed by atoms with Crippen LogP contribution in [0.25, 0.3) is 0 Å².